The molecule has 0 N–H and O–H groups in total. The van der Waals surface area contributed by atoms with Crippen LogP contribution in [0.15, 0.2) is 18.3 Å². The maximum Gasteiger partial charge on any atom is 0.137 e. The summed E-state index contributed by atoms with van der Waals surface area (Å²) in [6, 6.07) is 4.10. The lowest BCUT2D eigenvalue weighted by atomic mass is 9.94. The number of hydrogen-bond acceptors (Lipinski definition) is 4. The van der Waals surface area contributed by atoms with Crippen molar-refractivity contribution >= 4 is 11.9 Å². The van der Waals surface area contributed by atoms with Gasteiger partial charge in [0.2, 0.25) is 0 Å². The highest BCUT2D eigenvalue weighted by Crippen LogP contribution is 2.29. The fourth-order valence-corrected chi connectivity index (χ4v) is 2.66. The molecule has 1 aliphatic rings. The highest BCUT2D eigenvalue weighted by atomic mass is 32.2. The van der Waals surface area contributed by atoms with E-state index in [1.165, 1.54) is 31.6 Å². The third kappa shape index (κ3) is 2.68. The summed E-state index contributed by atoms with van der Waals surface area (Å²) in [5.74, 6) is 1.46. The second-order valence-electron chi connectivity index (χ2n) is 4.01. The van der Waals surface area contributed by atoms with Crippen LogP contribution in [0.25, 0.3) is 0 Å². The van der Waals surface area contributed by atoms with Crippen LogP contribution >= 0.6 is 11.9 Å². The lowest BCUT2D eigenvalue weighted by Gasteiger charge is -2.29. The van der Waals surface area contributed by atoms with Crippen molar-refractivity contribution < 1.29 is 4.74 Å². The maximum atomic E-state index is 5.12. The molecule has 1 aromatic rings. The van der Waals surface area contributed by atoms with E-state index in [4.69, 9.17) is 4.74 Å². The van der Waals surface area contributed by atoms with Gasteiger partial charge in [-0.3, -0.25) is 9.29 Å². The predicted octanol–water partition coefficient (Wildman–Crippen LogP) is 2.55. The first-order valence-corrected chi connectivity index (χ1v) is 6.80. The van der Waals surface area contributed by atoms with Gasteiger partial charge in [0.25, 0.3) is 0 Å². The first-order chi connectivity index (χ1) is 7.83. The Hall–Kier alpha value is -0.740. The zero-order chi connectivity index (χ0) is 11.4. The zero-order valence-electron chi connectivity index (χ0n) is 9.85. The topological polar surface area (TPSA) is 25.4 Å². The molecule has 1 aromatic heterocycles. The van der Waals surface area contributed by atoms with E-state index in [0.29, 0.717) is 5.92 Å². The number of rotatable bonds is 3. The summed E-state index contributed by atoms with van der Waals surface area (Å²) in [4.78, 5) is 4.47. The number of pyridine rings is 1. The molecule has 0 unspecified atom stereocenters. The highest BCUT2D eigenvalue weighted by molar-refractivity contribution is 7.96. The molecular weight excluding hydrogens is 220 g/mol. The molecule has 0 saturated carbocycles. The number of methoxy groups -OCH3 is 1. The Labute approximate surface area is 101 Å². The molecule has 1 saturated heterocycles. The van der Waals surface area contributed by atoms with Gasteiger partial charge in [0.15, 0.2) is 0 Å². The Morgan fingerprint density at radius 1 is 1.38 bits per heavy atom. The Bertz CT molecular complexity index is 320. The van der Waals surface area contributed by atoms with Crippen LogP contribution in [0.3, 0.4) is 0 Å². The molecule has 0 spiro atoms. The Balaban J connectivity index is 1.97. The van der Waals surface area contributed by atoms with Gasteiger partial charge in [-0.15, -0.1) is 0 Å². The first kappa shape index (κ1) is 11.7. The van der Waals surface area contributed by atoms with E-state index < -0.39 is 0 Å². The van der Waals surface area contributed by atoms with Crippen molar-refractivity contribution in [3.05, 3.63) is 24.0 Å². The molecule has 2 rings (SSSR count). The molecule has 4 heteroatoms. The maximum absolute atomic E-state index is 5.12. The Kier molecular flexibility index (Phi) is 4.07. The molecular formula is C12H18N2OS. The quantitative estimate of drug-likeness (QED) is 0.756. The summed E-state index contributed by atoms with van der Waals surface area (Å²) < 4.78 is 7.53. The summed E-state index contributed by atoms with van der Waals surface area (Å²) in [7, 11) is 1.67. The van der Waals surface area contributed by atoms with Crippen LogP contribution in [0.2, 0.25) is 0 Å². The van der Waals surface area contributed by atoms with E-state index in [-0.39, 0.29) is 0 Å². The van der Waals surface area contributed by atoms with Crippen LogP contribution in [-0.2, 0) is 0 Å². The molecule has 1 fully saturated rings. The number of ether oxygens (including phenoxy) is 1. The predicted molar refractivity (Wildman–Crippen MR) is 67.9 cm³/mol. The number of hydrogen-bond donors (Lipinski definition) is 0. The normalized spacial score (nSPS) is 18.6. The summed E-state index contributed by atoms with van der Waals surface area (Å²) in [5.41, 5.74) is 1.21. The van der Waals surface area contributed by atoms with Gasteiger partial charge in [-0.05, 0) is 31.2 Å². The summed E-state index contributed by atoms with van der Waals surface area (Å²) in [5, 5.41) is 0. The molecule has 0 radical (unpaired) electrons. The largest absolute Gasteiger partial charge is 0.495 e. The zero-order valence-corrected chi connectivity index (χ0v) is 10.7. The molecule has 0 atom stereocenters. The summed E-state index contributed by atoms with van der Waals surface area (Å²) in [6.07, 6.45) is 6.38. The van der Waals surface area contributed by atoms with Crippen molar-refractivity contribution in [3.8, 4) is 5.75 Å². The standard InChI is InChI=1S/C12H18N2OS/c1-15-11-3-4-12(13-9-11)10-5-7-14(16-2)8-6-10/h3-4,9-10H,5-8H2,1-2H3. The fraction of sp³-hybridized carbons (Fsp3) is 0.583. The van der Waals surface area contributed by atoms with Crippen molar-refractivity contribution in [2.45, 2.75) is 18.8 Å². The van der Waals surface area contributed by atoms with Crippen molar-refractivity contribution in [1.29, 1.82) is 0 Å². The molecule has 0 aliphatic carbocycles. The van der Waals surface area contributed by atoms with Gasteiger partial charge in [0.05, 0.1) is 13.3 Å². The number of nitrogens with zero attached hydrogens (tertiary/aromatic N) is 2. The number of aromatic nitrogens is 1. The van der Waals surface area contributed by atoms with E-state index >= 15 is 0 Å². The molecule has 0 aromatic carbocycles. The average molecular weight is 238 g/mol. The smallest absolute Gasteiger partial charge is 0.137 e. The third-order valence-electron chi connectivity index (χ3n) is 3.13. The third-order valence-corrected chi connectivity index (χ3v) is 4.01. The van der Waals surface area contributed by atoms with Crippen LogP contribution in [0.1, 0.15) is 24.5 Å². The van der Waals surface area contributed by atoms with Gasteiger partial charge in [0, 0.05) is 24.7 Å². The van der Waals surface area contributed by atoms with E-state index in [1.54, 1.807) is 7.11 Å². The minimum absolute atomic E-state index is 0.620. The second-order valence-corrected chi connectivity index (χ2v) is 4.89. The monoisotopic (exact) mass is 238 g/mol. The van der Waals surface area contributed by atoms with Crippen molar-refractivity contribution in [1.82, 2.24) is 9.29 Å². The summed E-state index contributed by atoms with van der Waals surface area (Å²) >= 11 is 1.84. The van der Waals surface area contributed by atoms with Gasteiger partial charge in [-0.1, -0.05) is 11.9 Å². The van der Waals surface area contributed by atoms with Gasteiger partial charge in [-0.2, -0.15) is 0 Å². The van der Waals surface area contributed by atoms with Crippen LogP contribution in [0.4, 0.5) is 0 Å². The Morgan fingerprint density at radius 3 is 2.62 bits per heavy atom. The van der Waals surface area contributed by atoms with Gasteiger partial charge < -0.3 is 4.74 Å². The van der Waals surface area contributed by atoms with Crippen LogP contribution in [0.5, 0.6) is 5.75 Å². The van der Waals surface area contributed by atoms with Crippen molar-refractivity contribution in [2.75, 3.05) is 26.5 Å². The number of piperidine rings is 1. The Morgan fingerprint density at radius 2 is 2.12 bits per heavy atom. The first-order valence-electron chi connectivity index (χ1n) is 5.62. The van der Waals surface area contributed by atoms with E-state index in [9.17, 15) is 0 Å². The SMILES string of the molecule is COc1ccc(C2CCN(SC)CC2)nc1. The van der Waals surface area contributed by atoms with E-state index in [0.717, 1.165) is 5.75 Å². The molecule has 0 bridgehead atoms. The van der Waals surface area contributed by atoms with Crippen molar-refractivity contribution in [3.63, 3.8) is 0 Å². The second kappa shape index (κ2) is 5.55. The molecule has 16 heavy (non-hydrogen) atoms. The molecule has 3 nitrogen and oxygen atoms in total. The lowest BCUT2D eigenvalue weighted by molar-refractivity contribution is 0.342. The van der Waals surface area contributed by atoms with Crippen LogP contribution in [-0.4, -0.2) is 35.7 Å². The van der Waals surface area contributed by atoms with E-state index in [2.05, 4.69) is 21.6 Å². The molecule has 2 heterocycles. The van der Waals surface area contributed by atoms with E-state index in [1.807, 2.05) is 24.2 Å². The van der Waals surface area contributed by atoms with Gasteiger partial charge in [-0.25, -0.2) is 0 Å². The van der Waals surface area contributed by atoms with Crippen LogP contribution < -0.4 is 4.74 Å². The molecule has 1 aliphatic heterocycles. The minimum Gasteiger partial charge on any atom is -0.495 e. The lowest BCUT2D eigenvalue weighted by Crippen LogP contribution is -2.27. The van der Waals surface area contributed by atoms with Crippen LogP contribution in [0, 0.1) is 0 Å². The molecule has 0 amide bonds. The van der Waals surface area contributed by atoms with Gasteiger partial charge >= 0.3 is 0 Å². The molecule has 88 valence electrons. The minimum atomic E-state index is 0.620. The fourth-order valence-electron chi connectivity index (χ4n) is 2.09. The highest BCUT2D eigenvalue weighted by Gasteiger charge is 2.20. The van der Waals surface area contributed by atoms with Crippen molar-refractivity contribution in [2.24, 2.45) is 0 Å². The van der Waals surface area contributed by atoms with Gasteiger partial charge in [0.1, 0.15) is 5.75 Å². The average Bonchev–Trinajstić information content (AvgIpc) is 2.39. The summed E-state index contributed by atoms with van der Waals surface area (Å²) in [6.45, 7) is 2.33.